The Kier molecular flexibility index (Phi) is 3.77. The number of aryl methyl sites for hydroxylation is 1. The van der Waals surface area contributed by atoms with E-state index >= 15 is 0 Å². The van der Waals surface area contributed by atoms with Crippen LogP contribution in [0.5, 0.6) is 0 Å². The predicted molar refractivity (Wildman–Crippen MR) is 98.9 cm³/mol. The van der Waals surface area contributed by atoms with Gasteiger partial charge < -0.3 is 4.90 Å². The van der Waals surface area contributed by atoms with Gasteiger partial charge in [-0.2, -0.15) is 9.61 Å². The van der Waals surface area contributed by atoms with Crippen LogP contribution in [0.2, 0.25) is 0 Å². The minimum atomic E-state index is 0.307. The van der Waals surface area contributed by atoms with Gasteiger partial charge in [-0.25, -0.2) is 14.6 Å². The van der Waals surface area contributed by atoms with E-state index in [1.165, 1.54) is 0 Å². The quantitative estimate of drug-likeness (QED) is 0.549. The second-order valence-corrected chi connectivity index (χ2v) is 6.79. The van der Waals surface area contributed by atoms with Gasteiger partial charge in [-0.15, -0.1) is 15.3 Å². The molecule has 0 radical (unpaired) electrons. The Hall–Kier alpha value is -3.36. The highest BCUT2D eigenvalue weighted by atomic mass is 15.4. The lowest BCUT2D eigenvalue weighted by Gasteiger charge is -2.31. The van der Waals surface area contributed by atoms with Crippen LogP contribution in [0.25, 0.3) is 11.5 Å². The zero-order valence-electron chi connectivity index (χ0n) is 15.0. The van der Waals surface area contributed by atoms with Gasteiger partial charge in [0.15, 0.2) is 17.3 Å². The fourth-order valence-electron chi connectivity index (χ4n) is 3.46. The first kappa shape index (κ1) is 15.9. The summed E-state index contributed by atoms with van der Waals surface area (Å²) in [6.07, 6.45) is 9.26. The van der Waals surface area contributed by atoms with Crippen LogP contribution in [0, 0.1) is 6.92 Å². The number of piperidine rings is 1. The predicted octanol–water partition coefficient (Wildman–Crippen LogP) is 1.79. The van der Waals surface area contributed by atoms with Crippen molar-refractivity contribution < 1.29 is 0 Å². The lowest BCUT2D eigenvalue weighted by atomic mass is 9.96. The van der Waals surface area contributed by atoms with Crippen molar-refractivity contribution in [2.24, 2.45) is 0 Å². The summed E-state index contributed by atoms with van der Waals surface area (Å²) in [5.74, 6) is 2.76. The van der Waals surface area contributed by atoms with E-state index in [9.17, 15) is 0 Å². The molecule has 1 aliphatic heterocycles. The number of hydrogen-bond donors (Lipinski definition) is 0. The normalized spacial score (nSPS) is 15.5. The van der Waals surface area contributed by atoms with Crippen LogP contribution < -0.4 is 4.90 Å². The van der Waals surface area contributed by atoms with Crippen molar-refractivity contribution in [2.75, 3.05) is 18.0 Å². The Balaban J connectivity index is 1.38. The molecule has 9 heteroatoms. The van der Waals surface area contributed by atoms with Crippen molar-refractivity contribution in [3.05, 3.63) is 54.4 Å². The molecule has 4 aromatic rings. The van der Waals surface area contributed by atoms with Gasteiger partial charge >= 0.3 is 0 Å². The van der Waals surface area contributed by atoms with Gasteiger partial charge in [-0.05, 0) is 43.5 Å². The van der Waals surface area contributed by atoms with E-state index in [0.29, 0.717) is 5.92 Å². The third-order valence-corrected chi connectivity index (χ3v) is 4.92. The highest BCUT2D eigenvalue weighted by Gasteiger charge is 2.26. The molecule has 0 saturated carbocycles. The van der Waals surface area contributed by atoms with Crippen molar-refractivity contribution >= 4 is 11.6 Å². The molecule has 0 spiro atoms. The van der Waals surface area contributed by atoms with E-state index in [-0.39, 0.29) is 0 Å². The molecule has 0 atom stereocenters. The van der Waals surface area contributed by atoms with Gasteiger partial charge in [0.25, 0.3) is 0 Å². The van der Waals surface area contributed by atoms with Gasteiger partial charge in [-0.1, -0.05) is 0 Å². The topological polar surface area (TPSA) is 89.9 Å². The number of anilines is 1. The number of hydrogen-bond acceptors (Lipinski definition) is 7. The summed E-state index contributed by atoms with van der Waals surface area (Å²) >= 11 is 0. The van der Waals surface area contributed by atoms with Crippen molar-refractivity contribution in [1.29, 1.82) is 0 Å². The third kappa shape index (κ3) is 2.90. The molecule has 1 fully saturated rings. The molecular weight excluding hydrogens is 342 g/mol. The summed E-state index contributed by atoms with van der Waals surface area (Å²) in [5.41, 5.74) is 1.83. The Morgan fingerprint density at radius 1 is 1.04 bits per heavy atom. The Bertz CT molecular complexity index is 1040. The molecular formula is C18H19N9. The molecule has 0 bridgehead atoms. The summed E-state index contributed by atoms with van der Waals surface area (Å²) in [6.45, 7) is 3.78. The second kappa shape index (κ2) is 6.42. The molecule has 4 aromatic heterocycles. The zero-order chi connectivity index (χ0) is 18.2. The van der Waals surface area contributed by atoms with Gasteiger partial charge in [0.2, 0.25) is 5.95 Å². The molecule has 0 N–H and O–H groups in total. The minimum Gasteiger partial charge on any atom is -0.341 e. The largest absolute Gasteiger partial charge is 0.341 e. The first-order valence-electron chi connectivity index (χ1n) is 9.04. The van der Waals surface area contributed by atoms with Gasteiger partial charge in [-0.3, -0.25) is 0 Å². The number of fused-ring (bicyclic) bond motifs is 1. The average molecular weight is 361 g/mol. The first-order valence-corrected chi connectivity index (χ1v) is 9.04. The van der Waals surface area contributed by atoms with Crippen LogP contribution in [0.1, 0.15) is 30.1 Å². The van der Waals surface area contributed by atoms with Gasteiger partial charge in [0.05, 0.1) is 0 Å². The Morgan fingerprint density at radius 3 is 2.59 bits per heavy atom. The fourth-order valence-corrected chi connectivity index (χ4v) is 3.46. The summed E-state index contributed by atoms with van der Waals surface area (Å²) in [6, 6.07) is 5.70. The lowest BCUT2D eigenvalue weighted by Crippen LogP contribution is -2.34. The minimum absolute atomic E-state index is 0.307. The fraction of sp³-hybridized carbons (Fsp3) is 0.333. The number of rotatable bonds is 3. The standard InChI is InChI=1S/C18H19N9/c1-13-11-19-18(20-12-13)25-9-5-14(6-10-25)17-23-22-15-3-4-16(24-27(15)17)26-8-2-7-21-26/h2-4,7-8,11-12,14H,5-6,9-10H2,1H3. The van der Waals surface area contributed by atoms with Crippen LogP contribution in [0.15, 0.2) is 43.0 Å². The van der Waals surface area contributed by atoms with Crippen LogP contribution in [0.4, 0.5) is 5.95 Å². The average Bonchev–Trinajstić information content (AvgIpc) is 3.38. The van der Waals surface area contributed by atoms with E-state index in [2.05, 4.69) is 30.2 Å². The monoisotopic (exact) mass is 361 g/mol. The molecule has 0 aromatic carbocycles. The van der Waals surface area contributed by atoms with E-state index in [4.69, 9.17) is 5.10 Å². The molecule has 5 rings (SSSR count). The van der Waals surface area contributed by atoms with Gasteiger partial charge in [0, 0.05) is 43.8 Å². The SMILES string of the molecule is Cc1cnc(N2CCC(c3nnc4ccc(-n5cccn5)nn34)CC2)nc1. The highest BCUT2D eigenvalue weighted by Crippen LogP contribution is 2.28. The first-order chi connectivity index (χ1) is 13.3. The molecule has 0 aliphatic carbocycles. The zero-order valence-corrected chi connectivity index (χ0v) is 15.0. The van der Waals surface area contributed by atoms with E-state index < -0.39 is 0 Å². The van der Waals surface area contributed by atoms with Crippen LogP contribution in [0.3, 0.4) is 0 Å². The Morgan fingerprint density at radius 2 is 1.85 bits per heavy atom. The molecule has 1 saturated heterocycles. The van der Waals surface area contributed by atoms with Crippen LogP contribution >= 0.6 is 0 Å². The number of nitrogens with zero attached hydrogens (tertiary/aromatic N) is 9. The molecule has 1 aliphatic rings. The van der Waals surface area contributed by atoms with Crippen molar-refractivity contribution in [3.63, 3.8) is 0 Å². The van der Waals surface area contributed by atoms with E-state index in [1.54, 1.807) is 10.9 Å². The maximum atomic E-state index is 4.69. The molecule has 9 nitrogen and oxygen atoms in total. The summed E-state index contributed by atoms with van der Waals surface area (Å²) < 4.78 is 3.58. The van der Waals surface area contributed by atoms with Crippen molar-refractivity contribution in [1.82, 2.24) is 39.6 Å². The Labute approximate surface area is 155 Å². The third-order valence-electron chi connectivity index (χ3n) is 4.92. The van der Waals surface area contributed by atoms with E-state index in [1.807, 2.05) is 48.2 Å². The highest BCUT2D eigenvalue weighted by molar-refractivity contribution is 5.40. The number of aromatic nitrogens is 8. The van der Waals surface area contributed by atoms with Crippen LogP contribution in [-0.2, 0) is 0 Å². The van der Waals surface area contributed by atoms with Gasteiger partial charge in [0.1, 0.15) is 0 Å². The summed E-state index contributed by atoms with van der Waals surface area (Å²) in [7, 11) is 0. The molecule has 5 heterocycles. The molecule has 0 unspecified atom stereocenters. The maximum absolute atomic E-state index is 4.69. The maximum Gasteiger partial charge on any atom is 0.225 e. The smallest absolute Gasteiger partial charge is 0.225 e. The second-order valence-electron chi connectivity index (χ2n) is 6.79. The van der Waals surface area contributed by atoms with Crippen molar-refractivity contribution in [3.8, 4) is 5.82 Å². The van der Waals surface area contributed by atoms with Crippen molar-refractivity contribution in [2.45, 2.75) is 25.7 Å². The van der Waals surface area contributed by atoms with E-state index in [0.717, 1.165) is 54.7 Å². The summed E-state index contributed by atoms with van der Waals surface area (Å²) in [4.78, 5) is 11.1. The molecule has 0 amide bonds. The molecule has 136 valence electrons. The van der Waals surface area contributed by atoms with Crippen LogP contribution in [-0.4, -0.2) is 52.6 Å². The molecule has 27 heavy (non-hydrogen) atoms. The summed E-state index contributed by atoms with van der Waals surface area (Å²) in [5, 5.41) is 17.7. The lowest BCUT2D eigenvalue weighted by molar-refractivity contribution is 0.472.